The van der Waals surface area contributed by atoms with Crippen LogP contribution in [0.4, 0.5) is 0 Å². The Kier molecular flexibility index (Phi) is 4.79. The fraction of sp³-hybridized carbons (Fsp3) is 0.500. The van der Waals surface area contributed by atoms with Gasteiger partial charge >= 0.3 is 0 Å². The van der Waals surface area contributed by atoms with Gasteiger partial charge in [-0.15, -0.1) is 0 Å². The molecule has 0 fully saturated rings. The Morgan fingerprint density at radius 2 is 1.69 bits per heavy atom. The van der Waals surface area contributed by atoms with Gasteiger partial charge in [0.05, 0.1) is 0 Å². The zero-order chi connectivity index (χ0) is 12.1. The van der Waals surface area contributed by atoms with Crippen LogP contribution in [-0.2, 0) is 0 Å². The first-order valence-corrected chi connectivity index (χ1v) is 6.31. The van der Waals surface area contributed by atoms with Crippen molar-refractivity contribution in [2.24, 2.45) is 0 Å². The Labute approximate surface area is 100 Å². The molecule has 0 saturated heterocycles. The molecule has 0 nitrogen and oxygen atoms in total. The van der Waals surface area contributed by atoms with Crippen molar-refractivity contribution in [1.29, 1.82) is 0 Å². The maximum atomic E-state index is 2.31. The van der Waals surface area contributed by atoms with Crippen molar-refractivity contribution in [3.05, 3.63) is 40.0 Å². The van der Waals surface area contributed by atoms with Crippen molar-refractivity contribution in [3.63, 3.8) is 0 Å². The van der Waals surface area contributed by atoms with Crippen LogP contribution in [-0.4, -0.2) is 0 Å². The smallest absolute Gasteiger partial charge is 0.0225 e. The van der Waals surface area contributed by atoms with Crippen molar-refractivity contribution in [2.75, 3.05) is 0 Å². The maximum absolute atomic E-state index is 2.31. The molecule has 0 N–H and O–H groups in total. The third-order valence-electron chi connectivity index (χ3n) is 3.54. The number of hydrogen-bond acceptors (Lipinski definition) is 0. The zero-order valence-corrected chi connectivity index (χ0v) is 11.4. The summed E-state index contributed by atoms with van der Waals surface area (Å²) < 4.78 is 0. The van der Waals surface area contributed by atoms with E-state index in [1.54, 1.807) is 0 Å². The standard InChI is InChI=1S/C16H24/c1-6-7-8-9-10-16-11-12(2)13(3)14(4)15(16)5/h9-11H,6-8H2,1-5H3. The summed E-state index contributed by atoms with van der Waals surface area (Å²) in [5.74, 6) is 0. The number of allylic oxidation sites excluding steroid dienone is 1. The molecule has 1 aromatic carbocycles. The summed E-state index contributed by atoms with van der Waals surface area (Å²) in [5, 5.41) is 0. The third-order valence-corrected chi connectivity index (χ3v) is 3.54. The number of unbranched alkanes of at least 4 members (excludes halogenated alkanes) is 2. The second-order valence-electron chi connectivity index (χ2n) is 4.70. The molecular formula is C16H24. The Bertz CT molecular complexity index is 384. The van der Waals surface area contributed by atoms with Gasteiger partial charge in [0.15, 0.2) is 0 Å². The van der Waals surface area contributed by atoms with Crippen LogP contribution >= 0.6 is 0 Å². The molecular weight excluding hydrogens is 192 g/mol. The highest BCUT2D eigenvalue weighted by atomic mass is 14.1. The van der Waals surface area contributed by atoms with Gasteiger partial charge < -0.3 is 0 Å². The molecule has 0 aliphatic carbocycles. The Balaban J connectivity index is 2.93. The average molecular weight is 216 g/mol. The van der Waals surface area contributed by atoms with Gasteiger partial charge in [-0.05, 0) is 61.9 Å². The molecule has 16 heavy (non-hydrogen) atoms. The van der Waals surface area contributed by atoms with Crippen molar-refractivity contribution in [2.45, 2.75) is 53.9 Å². The Morgan fingerprint density at radius 3 is 2.31 bits per heavy atom. The molecule has 0 aromatic heterocycles. The van der Waals surface area contributed by atoms with Crippen LogP contribution in [0.25, 0.3) is 6.08 Å². The predicted octanol–water partition coefficient (Wildman–Crippen LogP) is 5.12. The topological polar surface area (TPSA) is 0 Å². The third kappa shape index (κ3) is 2.98. The molecule has 0 amide bonds. The molecule has 0 heteroatoms. The van der Waals surface area contributed by atoms with Crippen molar-refractivity contribution in [1.82, 2.24) is 0 Å². The highest BCUT2D eigenvalue weighted by Gasteiger charge is 2.04. The van der Waals surface area contributed by atoms with Gasteiger partial charge in [0.25, 0.3) is 0 Å². The van der Waals surface area contributed by atoms with Gasteiger partial charge in [0.1, 0.15) is 0 Å². The van der Waals surface area contributed by atoms with E-state index in [0.717, 1.165) is 0 Å². The molecule has 0 heterocycles. The lowest BCUT2D eigenvalue weighted by Crippen LogP contribution is -1.93. The normalized spacial score (nSPS) is 11.3. The highest BCUT2D eigenvalue weighted by Crippen LogP contribution is 2.22. The van der Waals surface area contributed by atoms with Crippen LogP contribution in [0.5, 0.6) is 0 Å². The van der Waals surface area contributed by atoms with Gasteiger partial charge in [-0.3, -0.25) is 0 Å². The van der Waals surface area contributed by atoms with E-state index >= 15 is 0 Å². The van der Waals surface area contributed by atoms with Crippen LogP contribution in [0.2, 0.25) is 0 Å². The highest BCUT2D eigenvalue weighted by molar-refractivity contribution is 5.58. The first kappa shape index (κ1) is 13.0. The summed E-state index contributed by atoms with van der Waals surface area (Å²) >= 11 is 0. The van der Waals surface area contributed by atoms with E-state index < -0.39 is 0 Å². The summed E-state index contributed by atoms with van der Waals surface area (Å²) in [5.41, 5.74) is 7.09. The van der Waals surface area contributed by atoms with Crippen molar-refractivity contribution < 1.29 is 0 Å². The quantitative estimate of drug-likeness (QED) is 0.612. The monoisotopic (exact) mass is 216 g/mol. The van der Waals surface area contributed by atoms with Crippen molar-refractivity contribution in [3.8, 4) is 0 Å². The molecule has 88 valence electrons. The van der Waals surface area contributed by atoms with Crippen LogP contribution in [0, 0.1) is 27.7 Å². The summed E-state index contributed by atoms with van der Waals surface area (Å²) in [6.45, 7) is 11.1. The molecule has 0 radical (unpaired) electrons. The van der Waals surface area contributed by atoms with Crippen molar-refractivity contribution >= 4 is 6.08 Å². The second-order valence-corrected chi connectivity index (χ2v) is 4.70. The fourth-order valence-corrected chi connectivity index (χ4v) is 1.95. The zero-order valence-electron chi connectivity index (χ0n) is 11.4. The minimum Gasteiger partial charge on any atom is -0.0839 e. The van der Waals surface area contributed by atoms with E-state index in [2.05, 4.69) is 52.8 Å². The summed E-state index contributed by atoms with van der Waals surface area (Å²) in [6, 6.07) is 2.31. The number of benzene rings is 1. The average Bonchev–Trinajstić information content (AvgIpc) is 2.28. The van der Waals surface area contributed by atoms with Gasteiger partial charge in [-0.25, -0.2) is 0 Å². The molecule has 0 bridgehead atoms. The molecule has 0 atom stereocenters. The molecule has 1 rings (SSSR count). The lowest BCUT2D eigenvalue weighted by atomic mass is 9.94. The van der Waals surface area contributed by atoms with E-state index in [1.807, 2.05) is 0 Å². The van der Waals surface area contributed by atoms with Gasteiger partial charge in [-0.1, -0.05) is 38.0 Å². The van der Waals surface area contributed by atoms with E-state index in [9.17, 15) is 0 Å². The summed E-state index contributed by atoms with van der Waals surface area (Å²) in [7, 11) is 0. The first-order valence-electron chi connectivity index (χ1n) is 6.31. The first-order chi connectivity index (χ1) is 7.57. The fourth-order valence-electron chi connectivity index (χ4n) is 1.95. The summed E-state index contributed by atoms with van der Waals surface area (Å²) in [4.78, 5) is 0. The molecule has 0 aliphatic rings. The molecule has 0 spiro atoms. The SMILES string of the molecule is CCCCC=Cc1cc(C)c(C)c(C)c1C. The van der Waals surface area contributed by atoms with Crippen LogP contribution < -0.4 is 0 Å². The molecule has 0 unspecified atom stereocenters. The predicted molar refractivity (Wildman–Crippen MR) is 73.9 cm³/mol. The maximum Gasteiger partial charge on any atom is -0.0225 e. The van der Waals surface area contributed by atoms with Crippen LogP contribution in [0.1, 0.15) is 54.0 Å². The van der Waals surface area contributed by atoms with E-state index in [4.69, 9.17) is 0 Å². The Hall–Kier alpha value is -1.04. The minimum atomic E-state index is 1.20. The number of hydrogen-bond donors (Lipinski definition) is 0. The van der Waals surface area contributed by atoms with Crippen LogP contribution in [0.15, 0.2) is 12.1 Å². The Morgan fingerprint density at radius 1 is 1.00 bits per heavy atom. The lowest BCUT2D eigenvalue weighted by Gasteiger charge is -2.11. The van der Waals surface area contributed by atoms with Gasteiger partial charge in [-0.2, -0.15) is 0 Å². The number of rotatable bonds is 4. The largest absolute Gasteiger partial charge is 0.0839 e. The second kappa shape index (κ2) is 5.89. The minimum absolute atomic E-state index is 1.20. The number of aryl methyl sites for hydroxylation is 1. The summed E-state index contributed by atoms with van der Waals surface area (Å²) in [6.07, 6.45) is 8.35. The van der Waals surface area contributed by atoms with Gasteiger partial charge in [0, 0.05) is 0 Å². The van der Waals surface area contributed by atoms with E-state index in [1.165, 1.54) is 47.1 Å². The van der Waals surface area contributed by atoms with E-state index in [-0.39, 0.29) is 0 Å². The molecule has 1 aromatic rings. The molecule has 0 aliphatic heterocycles. The lowest BCUT2D eigenvalue weighted by molar-refractivity contribution is 0.816. The van der Waals surface area contributed by atoms with Gasteiger partial charge in [0.2, 0.25) is 0 Å². The van der Waals surface area contributed by atoms with Crippen LogP contribution in [0.3, 0.4) is 0 Å². The van der Waals surface area contributed by atoms with E-state index in [0.29, 0.717) is 0 Å². The molecule has 0 saturated carbocycles.